The molecule has 10 heteroatoms. The van der Waals surface area contributed by atoms with Crippen LogP contribution in [0.15, 0.2) is 59.1 Å². The first-order valence-electron chi connectivity index (χ1n) is 9.51. The van der Waals surface area contributed by atoms with Gasteiger partial charge in [-0.1, -0.05) is 18.3 Å². The topological polar surface area (TPSA) is 89.6 Å². The average Bonchev–Trinajstić information content (AvgIpc) is 2.68. The minimum Gasteiger partial charge on any atom is -0.379 e. The minimum atomic E-state index is -1.78. The SMILES string of the molecule is C=C(/C=C(\C=C(/C)F)NC(=O)c1ccc(F)cn1)[C@]12CO[C@@H](C)C[C@@]1(F)CSC(N)=N2. The second-order valence-corrected chi connectivity index (χ2v) is 8.56. The molecule has 3 N–H and O–H groups in total. The summed E-state index contributed by atoms with van der Waals surface area (Å²) in [6.07, 6.45) is 3.05. The van der Waals surface area contributed by atoms with Crippen molar-refractivity contribution in [1.29, 1.82) is 0 Å². The summed E-state index contributed by atoms with van der Waals surface area (Å²) in [4.78, 5) is 20.5. The number of thioether (sulfide) groups is 1. The van der Waals surface area contributed by atoms with Gasteiger partial charge in [0.2, 0.25) is 0 Å². The first-order valence-corrected chi connectivity index (χ1v) is 10.5. The van der Waals surface area contributed by atoms with Gasteiger partial charge in [0.05, 0.1) is 24.7 Å². The molecule has 3 atom stereocenters. The Labute approximate surface area is 182 Å². The van der Waals surface area contributed by atoms with E-state index in [1.165, 1.54) is 19.1 Å². The fourth-order valence-corrected chi connectivity index (χ4v) is 4.54. The largest absolute Gasteiger partial charge is 0.379 e. The molecule has 0 aromatic carbocycles. The van der Waals surface area contributed by atoms with E-state index in [4.69, 9.17) is 10.5 Å². The molecule has 31 heavy (non-hydrogen) atoms. The van der Waals surface area contributed by atoms with Gasteiger partial charge in [-0.3, -0.25) is 4.79 Å². The second kappa shape index (κ2) is 8.88. The molecule has 166 valence electrons. The first-order chi connectivity index (χ1) is 14.5. The smallest absolute Gasteiger partial charge is 0.274 e. The van der Waals surface area contributed by atoms with Crippen LogP contribution in [0.5, 0.6) is 0 Å². The zero-order valence-electron chi connectivity index (χ0n) is 17.1. The molecule has 3 rings (SSSR count). The standard InChI is InChI=1S/C21H23F3N4O2S/c1-12(21-10-30-14(3)8-20(21,24)11-31-19(25)28-21)6-16(7-13(2)22)27-18(29)17-5-4-15(23)9-26-17/h4-7,9,14H,1,8,10-11H2,2-3H3,(H2,25,28)(H,27,29)/b13-7+,16-6+/t14-,20+,21+/m0/s1. The van der Waals surface area contributed by atoms with Crippen LogP contribution in [0.25, 0.3) is 0 Å². The van der Waals surface area contributed by atoms with E-state index in [1.54, 1.807) is 6.92 Å². The molecule has 1 amide bonds. The predicted molar refractivity (Wildman–Crippen MR) is 114 cm³/mol. The summed E-state index contributed by atoms with van der Waals surface area (Å²) in [6, 6.07) is 2.27. The van der Waals surface area contributed by atoms with Gasteiger partial charge in [0, 0.05) is 17.9 Å². The van der Waals surface area contributed by atoms with Crippen LogP contribution in [0.4, 0.5) is 13.2 Å². The summed E-state index contributed by atoms with van der Waals surface area (Å²) in [5, 5.41) is 2.68. The van der Waals surface area contributed by atoms with E-state index in [0.29, 0.717) is 0 Å². The highest BCUT2D eigenvalue weighted by Crippen LogP contribution is 2.49. The van der Waals surface area contributed by atoms with E-state index in [1.807, 2.05) is 0 Å². The van der Waals surface area contributed by atoms with Gasteiger partial charge in [-0.15, -0.1) is 0 Å². The summed E-state index contributed by atoms with van der Waals surface area (Å²) in [5.74, 6) is -1.83. The van der Waals surface area contributed by atoms with Gasteiger partial charge < -0.3 is 15.8 Å². The van der Waals surface area contributed by atoms with E-state index < -0.39 is 28.8 Å². The molecule has 1 aromatic heterocycles. The number of aromatic nitrogens is 1. The van der Waals surface area contributed by atoms with Crippen LogP contribution in [0.2, 0.25) is 0 Å². The molecular formula is C21H23F3N4O2S. The third kappa shape index (κ3) is 4.85. The van der Waals surface area contributed by atoms with Crippen molar-refractivity contribution in [1.82, 2.24) is 10.3 Å². The zero-order valence-corrected chi connectivity index (χ0v) is 17.9. The average molecular weight is 453 g/mol. The Morgan fingerprint density at radius 2 is 2.19 bits per heavy atom. The van der Waals surface area contributed by atoms with Crippen molar-refractivity contribution in [3.63, 3.8) is 0 Å². The van der Waals surface area contributed by atoms with E-state index in [0.717, 1.165) is 30.1 Å². The fraction of sp³-hybridized carbons (Fsp3) is 0.381. The number of ether oxygens (including phenoxy) is 1. The van der Waals surface area contributed by atoms with Crippen molar-refractivity contribution in [2.75, 3.05) is 12.4 Å². The van der Waals surface area contributed by atoms with Gasteiger partial charge in [-0.2, -0.15) is 0 Å². The number of hydrogen-bond donors (Lipinski definition) is 2. The Morgan fingerprint density at radius 3 is 2.84 bits per heavy atom. The Bertz CT molecular complexity index is 975. The van der Waals surface area contributed by atoms with Gasteiger partial charge in [0.1, 0.15) is 17.1 Å². The molecule has 2 aliphatic rings. The number of fused-ring (bicyclic) bond motifs is 1. The number of amides is 1. The number of carbonyl (C=O) groups is 1. The van der Waals surface area contributed by atoms with Crippen molar-refractivity contribution >= 4 is 22.8 Å². The molecule has 0 bridgehead atoms. The van der Waals surface area contributed by atoms with Crippen molar-refractivity contribution in [2.45, 2.75) is 37.6 Å². The highest BCUT2D eigenvalue weighted by molar-refractivity contribution is 8.13. The maximum absolute atomic E-state index is 16.0. The van der Waals surface area contributed by atoms with Crippen LogP contribution in [0.3, 0.4) is 0 Å². The summed E-state index contributed by atoms with van der Waals surface area (Å²) < 4.78 is 48.5. The maximum Gasteiger partial charge on any atom is 0.274 e. The molecule has 2 aliphatic heterocycles. The van der Waals surface area contributed by atoms with Crippen molar-refractivity contribution < 1.29 is 22.7 Å². The molecule has 1 aromatic rings. The third-order valence-electron chi connectivity index (χ3n) is 5.11. The molecule has 3 heterocycles. The molecule has 0 spiro atoms. The van der Waals surface area contributed by atoms with Crippen LogP contribution in [0.1, 0.15) is 30.8 Å². The van der Waals surface area contributed by atoms with Crippen LogP contribution in [0, 0.1) is 5.82 Å². The summed E-state index contributed by atoms with van der Waals surface area (Å²) in [5.41, 5.74) is 2.70. The lowest BCUT2D eigenvalue weighted by molar-refractivity contribution is -0.0884. The monoisotopic (exact) mass is 452 g/mol. The Kier molecular flexibility index (Phi) is 6.61. The third-order valence-corrected chi connectivity index (χ3v) is 6.10. The van der Waals surface area contributed by atoms with E-state index >= 15 is 4.39 Å². The van der Waals surface area contributed by atoms with Crippen LogP contribution in [-0.2, 0) is 4.74 Å². The molecule has 6 nitrogen and oxygen atoms in total. The molecule has 0 unspecified atom stereocenters. The maximum atomic E-state index is 16.0. The van der Waals surface area contributed by atoms with Crippen LogP contribution in [-0.4, -0.2) is 45.7 Å². The molecule has 1 fully saturated rings. The molecule has 0 radical (unpaired) electrons. The number of nitrogens with one attached hydrogen (secondary N) is 1. The van der Waals surface area contributed by atoms with E-state index in [9.17, 15) is 13.6 Å². The Morgan fingerprint density at radius 1 is 1.45 bits per heavy atom. The van der Waals surface area contributed by atoms with Crippen LogP contribution >= 0.6 is 11.8 Å². The number of alkyl halides is 1. The van der Waals surface area contributed by atoms with Crippen molar-refractivity contribution in [3.8, 4) is 0 Å². The highest BCUT2D eigenvalue weighted by atomic mass is 32.2. The van der Waals surface area contributed by atoms with Crippen molar-refractivity contribution in [2.24, 2.45) is 10.7 Å². The molecule has 0 aliphatic carbocycles. The highest BCUT2D eigenvalue weighted by Gasteiger charge is 2.59. The first kappa shape index (κ1) is 23.1. The van der Waals surface area contributed by atoms with Gasteiger partial charge in [0.25, 0.3) is 5.91 Å². The zero-order chi connectivity index (χ0) is 22.8. The van der Waals surface area contributed by atoms with Crippen LogP contribution < -0.4 is 11.1 Å². The number of rotatable bonds is 5. The number of nitrogens with two attached hydrogens (primary N) is 1. The Balaban J connectivity index is 1.96. The van der Waals surface area contributed by atoms with E-state index in [-0.39, 0.29) is 47.0 Å². The fourth-order valence-electron chi connectivity index (χ4n) is 3.59. The number of nitrogens with zero attached hydrogens (tertiary/aromatic N) is 2. The normalized spacial score (nSPS) is 29.1. The lowest BCUT2D eigenvalue weighted by Crippen LogP contribution is -2.63. The Hall–Kier alpha value is -2.59. The number of carbonyl (C=O) groups excluding carboxylic acids is 1. The minimum absolute atomic E-state index is 0.00321. The number of pyridine rings is 1. The van der Waals surface area contributed by atoms with Crippen molar-refractivity contribution in [3.05, 3.63) is 65.7 Å². The number of aliphatic imine (C=N–C) groups is 1. The van der Waals surface area contributed by atoms with Gasteiger partial charge in [-0.25, -0.2) is 23.1 Å². The number of halogens is 3. The number of amidine groups is 1. The van der Waals surface area contributed by atoms with Gasteiger partial charge in [-0.05, 0) is 43.7 Å². The van der Waals surface area contributed by atoms with Gasteiger partial charge in [0.15, 0.2) is 10.8 Å². The lowest BCUT2D eigenvalue weighted by atomic mass is 9.72. The molecule has 0 saturated carbocycles. The summed E-state index contributed by atoms with van der Waals surface area (Å²) in [7, 11) is 0. The lowest BCUT2D eigenvalue weighted by Gasteiger charge is -2.50. The summed E-state index contributed by atoms with van der Waals surface area (Å²) in [6.45, 7) is 6.82. The number of allylic oxidation sites excluding steroid dienone is 2. The number of hydrogen-bond acceptors (Lipinski definition) is 6. The molecule has 1 saturated heterocycles. The quantitative estimate of drug-likeness (QED) is 0.667. The van der Waals surface area contributed by atoms with Gasteiger partial charge >= 0.3 is 0 Å². The second-order valence-electron chi connectivity index (χ2n) is 7.56. The molecular weight excluding hydrogens is 429 g/mol. The predicted octanol–water partition coefficient (Wildman–Crippen LogP) is 3.58. The summed E-state index contributed by atoms with van der Waals surface area (Å²) >= 11 is 1.11. The van der Waals surface area contributed by atoms with E-state index in [2.05, 4.69) is 21.9 Å².